The molecule has 0 atom stereocenters. The van der Waals surface area contributed by atoms with Crippen molar-refractivity contribution in [2.75, 3.05) is 29.5 Å². The Bertz CT molecular complexity index is 973. The SMILES string of the molecule is COc1ccc(OCCS(=O)(=O)Nc2ccc(Nc3ccccc3)cc2)cc1. The molecule has 0 spiro atoms. The van der Waals surface area contributed by atoms with Gasteiger partial charge < -0.3 is 14.8 Å². The molecule has 0 aliphatic carbocycles. The minimum absolute atomic E-state index is 0.0509. The molecule has 0 fully saturated rings. The minimum Gasteiger partial charge on any atom is -0.497 e. The Morgan fingerprint density at radius 2 is 1.32 bits per heavy atom. The summed E-state index contributed by atoms with van der Waals surface area (Å²) in [5.74, 6) is 1.16. The number of anilines is 3. The number of sulfonamides is 1. The number of ether oxygens (including phenoxy) is 2. The molecule has 0 aromatic heterocycles. The number of para-hydroxylation sites is 1. The van der Waals surface area contributed by atoms with E-state index in [0.717, 1.165) is 11.4 Å². The first-order valence-corrected chi connectivity index (χ1v) is 10.4. The van der Waals surface area contributed by atoms with Crippen molar-refractivity contribution in [1.29, 1.82) is 0 Å². The zero-order valence-electron chi connectivity index (χ0n) is 15.5. The fourth-order valence-corrected chi connectivity index (χ4v) is 3.38. The first kappa shape index (κ1) is 19.6. The van der Waals surface area contributed by atoms with E-state index in [0.29, 0.717) is 17.2 Å². The lowest BCUT2D eigenvalue weighted by atomic mass is 10.2. The van der Waals surface area contributed by atoms with E-state index in [2.05, 4.69) is 10.0 Å². The van der Waals surface area contributed by atoms with Gasteiger partial charge in [-0.3, -0.25) is 4.72 Å². The second-order valence-corrected chi connectivity index (χ2v) is 7.86. The predicted molar refractivity (Wildman–Crippen MR) is 112 cm³/mol. The van der Waals surface area contributed by atoms with Gasteiger partial charge in [-0.15, -0.1) is 0 Å². The highest BCUT2D eigenvalue weighted by Crippen LogP contribution is 2.20. The summed E-state index contributed by atoms with van der Waals surface area (Å²) in [5.41, 5.74) is 2.34. The lowest BCUT2D eigenvalue weighted by Gasteiger charge is -2.11. The molecular formula is C21H22N2O4S. The molecule has 0 saturated carbocycles. The Balaban J connectivity index is 1.50. The molecule has 7 heteroatoms. The van der Waals surface area contributed by atoms with Crippen LogP contribution < -0.4 is 19.5 Å². The molecule has 0 unspecified atom stereocenters. The fourth-order valence-electron chi connectivity index (χ4n) is 2.48. The molecule has 3 aromatic carbocycles. The standard InChI is InChI=1S/C21H22N2O4S/c1-26-20-11-13-21(14-12-20)27-15-16-28(24,25)23-19-9-7-18(8-10-19)22-17-5-3-2-4-6-17/h2-14,22-23H,15-16H2,1H3. The molecule has 2 N–H and O–H groups in total. The minimum atomic E-state index is -3.51. The maximum Gasteiger partial charge on any atom is 0.236 e. The van der Waals surface area contributed by atoms with Crippen molar-refractivity contribution in [3.05, 3.63) is 78.9 Å². The monoisotopic (exact) mass is 398 g/mol. The average Bonchev–Trinajstić information content (AvgIpc) is 2.70. The number of hydrogen-bond acceptors (Lipinski definition) is 5. The van der Waals surface area contributed by atoms with E-state index < -0.39 is 10.0 Å². The number of hydrogen-bond donors (Lipinski definition) is 2. The van der Waals surface area contributed by atoms with Gasteiger partial charge in [0.25, 0.3) is 0 Å². The van der Waals surface area contributed by atoms with Gasteiger partial charge in [0.2, 0.25) is 10.0 Å². The van der Waals surface area contributed by atoms with Crippen LogP contribution in [0.3, 0.4) is 0 Å². The summed E-state index contributed by atoms with van der Waals surface area (Å²) >= 11 is 0. The van der Waals surface area contributed by atoms with Crippen molar-refractivity contribution in [2.45, 2.75) is 0 Å². The third-order valence-corrected chi connectivity index (χ3v) is 5.15. The van der Waals surface area contributed by atoms with Crippen molar-refractivity contribution in [1.82, 2.24) is 0 Å². The van der Waals surface area contributed by atoms with Crippen molar-refractivity contribution >= 4 is 27.1 Å². The summed E-state index contributed by atoms with van der Waals surface area (Å²) in [6, 6.07) is 23.8. The van der Waals surface area contributed by atoms with Crippen molar-refractivity contribution in [3.63, 3.8) is 0 Å². The van der Waals surface area contributed by atoms with Crippen LogP contribution in [0.4, 0.5) is 17.1 Å². The van der Waals surface area contributed by atoms with Crippen LogP contribution >= 0.6 is 0 Å². The highest BCUT2D eigenvalue weighted by Gasteiger charge is 2.11. The lowest BCUT2D eigenvalue weighted by molar-refractivity contribution is 0.340. The van der Waals surface area contributed by atoms with Crippen LogP contribution in [0.25, 0.3) is 0 Å². The van der Waals surface area contributed by atoms with Gasteiger partial charge in [0, 0.05) is 17.1 Å². The van der Waals surface area contributed by atoms with Gasteiger partial charge in [-0.05, 0) is 60.7 Å². The normalized spacial score (nSPS) is 10.9. The van der Waals surface area contributed by atoms with E-state index >= 15 is 0 Å². The van der Waals surface area contributed by atoms with Crippen molar-refractivity contribution in [2.24, 2.45) is 0 Å². The van der Waals surface area contributed by atoms with Crippen molar-refractivity contribution < 1.29 is 17.9 Å². The molecule has 28 heavy (non-hydrogen) atoms. The maximum atomic E-state index is 12.2. The Hall–Kier alpha value is -3.19. The average molecular weight is 398 g/mol. The van der Waals surface area contributed by atoms with Gasteiger partial charge in [-0.1, -0.05) is 18.2 Å². The zero-order valence-corrected chi connectivity index (χ0v) is 16.3. The smallest absolute Gasteiger partial charge is 0.236 e. The van der Waals surface area contributed by atoms with E-state index in [-0.39, 0.29) is 12.4 Å². The Morgan fingerprint density at radius 1 is 0.750 bits per heavy atom. The second-order valence-electron chi connectivity index (χ2n) is 6.01. The van der Waals surface area contributed by atoms with Crippen LogP contribution in [0.2, 0.25) is 0 Å². The molecule has 146 valence electrons. The van der Waals surface area contributed by atoms with E-state index in [9.17, 15) is 8.42 Å². The Morgan fingerprint density at radius 3 is 1.96 bits per heavy atom. The summed E-state index contributed by atoms with van der Waals surface area (Å²) in [4.78, 5) is 0. The van der Waals surface area contributed by atoms with Gasteiger partial charge in [0.15, 0.2) is 0 Å². The molecule has 6 nitrogen and oxygen atoms in total. The molecule has 0 heterocycles. The van der Waals surface area contributed by atoms with Crippen LogP contribution in [0.1, 0.15) is 0 Å². The van der Waals surface area contributed by atoms with Gasteiger partial charge in [0.05, 0.1) is 7.11 Å². The molecule has 0 amide bonds. The van der Waals surface area contributed by atoms with Crippen LogP contribution in [0.15, 0.2) is 78.9 Å². The van der Waals surface area contributed by atoms with Gasteiger partial charge >= 0.3 is 0 Å². The van der Waals surface area contributed by atoms with Gasteiger partial charge in [-0.2, -0.15) is 0 Å². The number of nitrogens with one attached hydrogen (secondary N) is 2. The number of benzene rings is 3. The first-order chi connectivity index (χ1) is 13.5. The largest absolute Gasteiger partial charge is 0.497 e. The quantitative estimate of drug-likeness (QED) is 0.563. The van der Waals surface area contributed by atoms with E-state index in [1.807, 2.05) is 42.5 Å². The summed E-state index contributed by atoms with van der Waals surface area (Å²) in [6.45, 7) is 0.0509. The van der Waals surface area contributed by atoms with E-state index in [4.69, 9.17) is 9.47 Å². The zero-order chi connectivity index (χ0) is 19.8. The molecule has 0 saturated heterocycles. The van der Waals surface area contributed by atoms with Gasteiger partial charge in [0.1, 0.15) is 23.9 Å². The van der Waals surface area contributed by atoms with Crippen LogP contribution in [-0.4, -0.2) is 27.9 Å². The third-order valence-electron chi connectivity index (χ3n) is 3.90. The molecule has 3 aromatic rings. The molecule has 0 bridgehead atoms. The number of rotatable bonds is 9. The second kappa shape index (κ2) is 9.14. The molecular weight excluding hydrogens is 376 g/mol. The third kappa shape index (κ3) is 5.92. The van der Waals surface area contributed by atoms with Crippen molar-refractivity contribution in [3.8, 4) is 11.5 Å². The lowest BCUT2D eigenvalue weighted by Crippen LogP contribution is -2.21. The molecule has 0 aliphatic rings. The summed E-state index contributed by atoms with van der Waals surface area (Å²) < 4.78 is 37.6. The van der Waals surface area contributed by atoms with E-state index in [1.54, 1.807) is 43.5 Å². The summed E-state index contributed by atoms with van der Waals surface area (Å²) in [7, 11) is -1.93. The van der Waals surface area contributed by atoms with E-state index in [1.165, 1.54) is 0 Å². The highest BCUT2D eigenvalue weighted by atomic mass is 32.2. The molecule has 0 radical (unpaired) electrons. The Labute approximate surface area is 165 Å². The van der Waals surface area contributed by atoms with Gasteiger partial charge in [-0.25, -0.2) is 8.42 Å². The summed E-state index contributed by atoms with van der Waals surface area (Å²) in [6.07, 6.45) is 0. The Kier molecular flexibility index (Phi) is 6.39. The number of methoxy groups -OCH3 is 1. The topological polar surface area (TPSA) is 76.7 Å². The van der Waals surface area contributed by atoms with Crippen LogP contribution in [0, 0.1) is 0 Å². The predicted octanol–water partition coefficient (Wildman–Crippen LogP) is 4.26. The summed E-state index contributed by atoms with van der Waals surface area (Å²) in [5, 5.41) is 3.25. The molecule has 3 rings (SSSR count). The van der Waals surface area contributed by atoms with Crippen LogP contribution in [0.5, 0.6) is 11.5 Å². The fraction of sp³-hybridized carbons (Fsp3) is 0.143. The maximum absolute atomic E-state index is 12.2. The first-order valence-electron chi connectivity index (χ1n) is 8.73. The van der Waals surface area contributed by atoms with Crippen LogP contribution in [-0.2, 0) is 10.0 Å². The molecule has 0 aliphatic heterocycles. The highest BCUT2D eigenvalue weighted by molar-refractivity contribution is 7.92.